The monoisotopic (exact) mass is 329 g/mol. The highest BCUT2D eigenvalue weighted by Crippen LogP contribution is 2.36. The van der Waals surface area contributed by atoms with Gasteiger partial charge in [-0.3, -0.25) is 10.1 Å². The highest BCUT2D eigenvalue weighted by Gasteiger charge is 2.34. The predicted molar refractivity (Wildman–Crippen MR) is 76.1 cm³/mol. The number of hydrogen-bond donors (Lipinski definition) is 1. The fourth-order valence-electron chi connectivity index (χ4n) is 2.67. The normalized spacial score (nSPS) is 17.6. The average Bonchev–Trinajstić information content (AvgIpc) is 2.52. The van der Waals surface area contributed by atoms with Crippen molar-refractivity contribution in [2.45, 2.75) is 19.1 Å². The Morgan fingerprint density at radius 1 is 1.39 bits per heavy atom. The largest absolute Gasteiger partial charge is 0.416 e. The van der Waals surface area contributed by atoms with Gasteiger partial charge in [-0.1, -0.05) is 0 Å². The molecule has 1 heterocycles. The van der Waals surface area contributed by atoms with Crippen LogP contribution in [0.15, 0.2) is 18.2 Å². The molecule has 1 aromatic rings. The van der Waals surface area contributed by atoms with Crippen LogP contribution in [0.3, 0.4) is 0 Å². The van der Waals surface area contributed by atoms with Crippen molar-refractivity contribution in [3.63, 3.8) is 0 Å². The first-order valence-corrected chi connectivity index (χ1v) is 7.09. The molecule has 0 aromatic heterocycles. The minimum absolute atomic E-state index is 0.181. The van der Waals surface area contributed by atoms with Gasteiger partial charge in [-0.15, -0.1) is 0 Å². The molecule has 124 valence electrons. The molecule has 0 unspecified atom stereocenters. The number of piperazine rings is 1. The third kappa shape index (κ3) is 3.71. The van der Waals surface area contributed by atoms with Crippen molar-refractivity contribution in [2.75, 3.05) is 31.1 Å². The Balaban J connectivity index is 2.24. The molecule has 23 heavy (non-hydrogen) atoms. The number of nitro groups is 1. The number of nitriles is 1. The van der Waals surface area contributed by atoms with E-state index in [1.807, 2.05) is 0 Å². The van der Waals surface area contributed by atoms with Gasteiger partial charge in [0.2, 0.25) is 0 Å². The van der Waals surface area contributed by atoms with Crippen LogP contribution in [0.2, 0.25) is 0 Å². The molecule has 0 bridgehead atoms. The van der Waals surface area contributed by atoms with Crippen LogP contribution in [0.4, 0.5) is 24.5 Å². The fraction of sp³-hybridized carbons (Fsp3) is 0.500. The molecule has 1 atom stereocenters. The molecule has 6 nitrogen and oxygen atoms in total. The number of anilines is 1. The van der Waals surface area contributed by atoms with Gasteiger partial charge < -0.3 is 9.80 Å². The Bertz CT molecular complexity index is 634. The van der Waals surface area contributed by atoms with Crippen molar-refractivity contribution >= 4 is 11.4 Å². The van der Waals surface area contributed by atoms with Crippen LogP contribution in [-0.2, 0) is 6.18 Å². The molecule has 1 saturated heterocycles. The molecule has 0 aliphatic carbocycles. The van der Waals surface area contributed by atoms with E-state index in [-0.39, 0.29) is 11.7 Å². The number of nitro benzene ring substituents is 1. The first kappa shape index (κ1) is 17.0. The van der Waals surface area contributed by atoms with E-state index >= 15 is 0 Å². The van der Waals surface area contributed by atoms with E-state index in [1.54, 1.807) is 11.8 Å². The molecule has 9 heteroatoms. The minimum Gasteiger partial charge on any atom is -0.355 e. The second-order valence-electron chi connectivity index (χ2n) is 5.45. The van der Waals surface area contributed by atoms with Crippen LogP contribution in [0.5, 0.6) is 0 Å². The Morgan fingerprint density at radius 2 is 2.00 bits per heavy atom. The summed E-state index contributed by atoms with van der Waals surface area (Å²) in [4.78, 5) is 13.1. The van der Waals surface area contributed by atoms with E-state index in [4.69, 9.17) is 5.26 Å². The molecule has 1 fully saturated rings. The van der Waals surface area contributed by atoms with Crippen molar-refractivity contribution in [2.24, 2.45) is 0 Å². The molecule has 0 spiro atoms. The maximum atomic E-state index is 12.7. The number of alkyl halides is 3. The molecule has 1 N–H and O–H groups in total. The summed E-state index contributed by atoms with van der Waals surface area (Å²) in [5.74, 6) is 0. The number of nitrogens with zero attached hydrogens (tertiary/aromatic N) is 3. The summed E-state index contributed by atoms with van der Waals surface area (Å²) in [5, 5.41) is 20.0. The van der Waals surface area contributed by atoms with Gasteiger partial charge in [0, 0.05) is 13.0 Å². The first-order valence-electron chi connectivity index (χ1n) is 7.09. The maximum absolute atomic E-state index is 12.7. The number of hydrogen-bond acceptors (Lipinski definition) is 4. The molecular formula is C14H16F3N4O2+. The van der Waals surface area contributed by atoms with Crippen LogP contribution >= 0.6 is 0 Å². The number of benzene rings is 1. The van der Waals surface area contributed by atoms with Crippen LogP contribution in [0, 0.1) is 21.4 Å². The summed E-state index contributed by atoms with van der Waals surface area (Å²) < 4.78 is 38.1. The third-order valence-corrected chi connectivity index (χ3v) is 4.05. The zero-order valence-electron chi connectivity index (χ0n) is 12.4. The lowest BCUT2D eigenvalue weighted by Gasteiger charge is -2.34. The van der Waals surface area contributed by atoms with Crippen molar-refractivity contribution in [3.8, 4) is 6.07 Å². The molecule has 1 aromatic carbocycles. The van der Waals surface area contributed by atoms with Crippen LogP contribution in [-0.4, -0.2) is 37.1 Å². The Labute approximate surface area is 130 Å². The van der Waals surface area contributed by atoms with Crippen molar-refractivity contribution in [1.82, 2.24) is 0 Å². The SMILES string of the molecule is C[C@H](C#N)[NH+]1CCN(c2ccc(C(F)(F)F)cc2[N+](=O)[O-])CC1. The van der Waals surface area contributed by atoms with E-state index < -0.39 is 22.4 Å². The first-order chi connectivity index (χ1) is 10.7. The number of quaternary nitrogens is 1. The summed E-state index contributed by atoms with van der Waals surface area (Å²) >= 11 is 0. The summed E-state index contributed by atoms with van der Waals surface area (Å²) in [6, 6.07) is 4.56. The van der Waals surface area contributed by atoms with Crippen LogP contribution in [0.1, 0.15) is 12.5 Å². The van der Waals surface area contributed by atoms with Gasteiger partial charge in [-0.25, -0.2) is 0 Å². The van der Waals surface area contributed by atoms with Gasteiger partial charge >= 0.3 is 6.18 Å². The highest BCUT2D eigenvalue weighted by atomic mass is 19.4. The summed E-state index contributed by atoms with van der Waals surface area (Å²) in [5.41, 5.74) is -1.39. The smallest absolute Gasteiger partial charge is 0.355 e. The third-order valence-electron chi connectivity index (χ3n) is 4.05. The lowest BCUT2D eigenvalue weighted by Crippen LogP contribution is -3.17. The Kier molecular flexibility index (Phi) is 4.75. The van der Waals surface area contributed by atoms with E-state index in [9.17, 15) is 23.3 Å². The second kappa shape index (κ2) is 6.42. The Hall–Kier alpha value is -2.34. The zero-order valence-corrected chi connectivity index (χ0v) is 12.4. The predicted octanol–water partition coefficient (Wildman–Crippen LogP) is 1.23. The minimum atomic E-state index is -4.62. The van der Waals surface area contributed by atoms with Gasteiger partial charge in [0.1, 0.15) is 11.8 Å². The molecule has 0 saturated carbocycles. The van der Waals surface area contributed by atoms with Crippen molar-refractivity contribution in [3.05, 3.63) is 33.9 Å². The fourth-order valence-corrected chi connectivity index (χ4v) is 2.67. The van der Waals surface area contributed by atoms with Gasteiger partial charge in [0.05, 0.1) is 36.7 Å². The van der Waals surface area contributed by atoms with Crippen LogP contribution in [0.25, 0.3) is 0 Å². The van der Waals surface area contributed by atoms with Crippen molar-refractivity contribution in [1.29, 1.82) is 5.26 Å². The van der Waals surface area contributed by atoms with Gasteiger partial charge in [-0.2, -0.15) is 18.4 Å². The maximum Gasteiger partial charge on any atom is 0.416 e. The lowest BCUT2D eigenvalue weighted by molar-refractivity contribution is -0.915. The summed E-state index contributed by atoms with van der Waals surface area (Å²) in [7, 11) is 0. The Morgan fingerprint density at radius 3 is 2.48 bits per heavy atom. The quantitative estimate of drug-likeness (QED) is 0.669. The topological polar surface area (TPSA) is 74.6 Å². The number of rotatable bonds is 3. The van der Waals surface area contributed by atoms with E-state index in [2.05, 4.69) is 6.07 Å². The van der Waals surface area contributed by atoms with E-state index in [0.29, 0.717) is 32.2 Å². The molecule has 0 radical (unpaired) electrons. The molecule has 2 rings (SSSR count). The number of nitrogens with one attached hydrogen (secondary N) is 1. The summed E-state index contributed by atoms with van der Waals surface area (Å²) in [6.45, 7) is 3.91. The lowest BCUT2D eigenvalue weighted by atomic mass is 10.1. The van der Waals surface area contributed by atoms with Crippen LogP contribution < -0.4 is 9.80 Å². The average molecular weight is 329 g/mol. The van der Waals surface area contributed by atoms with Crippen molar-refractivity contribution < 1.29 is 23.0 Å². The van der Waals surface area contributed by atoms with Gasteiger partial charge in [0.15, 0.2) is 6.04 Å². The highest BCUT2D eigenvalue weighted by molar-refractivity contribution is 5.64. The van der Waals surface area contributed by atoms with E-state index in [0.717, 1.165) is 17.0 Å². The molecular weight excluding hydrogens is 313 g/mol. The molecule has 1 aliphatic rings. The number of halogens is 3. The molecule has 0 amide bonds. The van der Waals surface area contributed by atoms with E-state index in [1.165, 1.54) is 0 Å². The van der Waals surface area contributed by atoms with Gasteiger partial charge in [-0.05, 0) is 12.1 Å². The zero-order chi connectivity index (χ0) is 17.2. The molecule has 1 aliphatic heterocycles. The van der Waals surface area contributed by atoms with Gasteiger partial charge in [0.25, 0.3) is 5.69 Å². The second-order valence-corrected chi connectivity index (χ2v) is 5.45. The standard InChI is InChI=1S/C14H15F3N4O2/c1-10(9-18)19-4-6-20(7-5-19)12-3-2-11(14(15,16)17)8-13(12)21(22)23/h2-3,8,10H,4-7H2,1H3/p+1/t10-/m1/s1. The summed E-state index contributed by atoms with van der Waals surface area (Å²) in [6.07, 6.45) is -4.62.